The highest BCUT2D eigenvalue weighted by Gasteiger charge is 2.25. The van der Waals surface area contributed by atoms with Crippen molar-refractivity contribution >= 4 is 12.1 Å². The number of carbonyl (C=O) groups excluding carboxylic acids is 2. The molecule has 0 amide bonds. The Bertz CT molecular complexity index is 343. The Balaban J connectivity index is 2.76. The molecule has 0 saturated heterocycles. The molecule has 0 radical (unpaired) electrons. The van der Waals surface area contributed by atoms with Crippen molar-refractivity contribution in [1.82, 2.24) is 0 Å². The second-order valence-corrected chi connectivity index (χ2v) is 4.09. The zero-order valence-electron chi connectivity index (χ0n) is 9.19. The van der Waals surface area contributed by atoms with Crippen molar-refractivity contribution in [2.45, 2.75) is 26.7 Å². The number of carbonyl (C=O) groups is 2. The molecule has 0 aliphatic rings. The molecule has 15 heavy (non-hydrogen) atoms. The third-order valence-electron chi connectivity index (χ3n) is 2.75. The van der Waals surface area contributed by atoms with Gasteiger partial charge in [-0.2, -0.15) is 0 Å². The Hall–Kier alpha value is -1.44. The van der Waals surface area contributed by atoms with E-state index in [1.54, 1.807) is 12.1 Å². The smallest absolute Gasteiger partial charge is 0.163 e. The molecular weight excluding hydrogens is 188 g/mol. The molecule has 0 saturated carbocycles. The van der Waals surface area contributed by atoms with Gasteiger partial charge in [-0.25, -0.2) is 0 Å². The predicted octanol–water partition coefficient (Wildman–Crippen LogP) is 2.87. The molecule has 80 valence electrons. The van der Waals surface area contributed by atoms with Gasteiger partial charge in [-0.1, -0.05) is 44.2 Å². The number of ketones is 1. The summed E-state index contributed by atoms with van der Waals surface area (Å²) < 4.78 is 0. The van der Waals surface area contributed by atoms with Crippen molar-refractivity contribution in [1.29, 1.82) is 0 Å². The van der Waals surface area contributed by atoms with Crippen molar-refractivity contribution < 1.29 is 9.59 Å². The van der Waals surface area contributed by atoms with Crippen molar-refractivity contribution in [2.75, 3.05) is 0 Å². The molecule has 1 rings (SSSR count). The summed E-state index contributed by atoms with van der Waals surface area (Å²) in [5.74, 6) is 0.0343. The zero-order chi connectivity index (χ0) is 11.3. The molecule has 1 atom stereocenters. The summed E-state index contributed by atoms with van der Waals surface area (Å²) in [5.41, 5.74) is 0.159. The lowest BCUT2D eigenvalue weighted by Gasteiger charge is -2.19. The fraction of sp³-hybridized carbons (Fsp3) is 0.385. The quantitative estimate of drug-likeness (QED) is 0.546. The monoisotopic (exact) mass is 204 g/mol. The van der Waals surface area contributed by atoms with Crippen LogP contribution in [0.1, 0.15) is 37.0 Å². The summed E-state index contributed by atoms with van der Waals surface area (Å²) in [6.07, 6.45) is 1.86. The van der Waals surface area contributed by atoms with Crippen LogP contribution in [0.25, 0.3) is 0 Å². The summed E-state index contributed by atoms with van der Waals surface area (Å²) in [4.78, 5) is 22.7. The first kappa shape index (κ1) is 11.6. The highest BCUT2D eigenvalue weighted by Crippen LogP contribution is 2.24. The zero-order valence-corrected chi connectivity index (χ0v) is 9.19. The van der Waals surface area contributed by atoms with Crippen LogP contribution in [0.5, 0.6) is 0 Å². The van der Waals surface area contributed by atoms with Gasteiger partial charge in [-0.05, 0) is 6.42 Å². The van der Waals surface area contributed by atoms with Crippen LogP contribution in [-0.2, 0) is 4.79 Å². The lowest BCUT2D eigenvalue weighted by Crippen LogP contribution is -2.21. The van der Waals surface area contributed by atoms with Crippen LogP contribution in [0.3, 0.4) is 0 Å². The van der Waals surface area contributed by atoms with Gasteiger partial charge in [0, 0.05) is 17.4 Å². The number of Topliss-reactive ketones (excluding diaryl/α,β-unsaturated/α-hetero) is 1. The highest BCUT2D eigenvalue weighted by molar-refractivity contribution is 5.97. The van der Waals surface area contributed by atoms with Gasteiger partial charge < -0.3 is 4.79 Å². The van der Waals surface area contributed by atoms with Crippen LogP contribution in [0.2, 0.25) is 0 Å². The lowest BCUT2D eigenvalue weighted by atomic mass is 9.83. The van der Waals surface area contributed by atoms with E-state index >= 15 is 0 Å². The van der Waals surface area contributed by atoms with Gasteiger partial charge in [0.1, 0.15) is 6.29 Å². The summed E-state index contributed by atoms with van der Waals surface area (Å²) >= 11 is 0. The number of benzene rings is 1. The minimum atomic E-state index is -0.521. The third kappa shape index (κ3) is 3.01. The number of aldehydes is 1. The molecule has 0 heterocycles. The van der Waals surface area contributed by atoms with E-state index in [9.17, 15) is 9.59 Å². The number of rotatable bonds is 5. The van der Waals surface area contributed by atoms with E-state index < -0.39 is 5.41 Å². The third-order valence-corrected chi connectivity index (χ3v) is 2.75. The Kier molecular flexibility index (Phi) is 3.78. The van der Waals surface area contributed by atoms with Gasteiger partial charge in [-0.15, -0.1) is 0 Å². The summed E-state index contributed by atoms with van der Waals surface area (Å²) in [7, 11) is 0. The predicted molar refractivity (Wildman–Crippen MR) is 59.9 cm³/mol. The summed E-state index contributed by atoms with van der Waals surface area (Å²) in [6, 6.07) is 9.09. The molecule has 2 nitrogen and oxygen atoms in total. The van der Waals surface area contributed by atoms with Crippen molar-refractivity contribution in [3.8, 4) is 0 Å². The van der Waals surface area contributed by atoms with E-state index in [1.807, 2.05) is 32.0 Å². The molecule has 1 aromatic rings. The van der Waals surface area contributed by atoms with E-state index in [0.29, 0.717) is 12.0 Å². The van der Waals surface area contributed by atoms with Crippen LogP contribution < -0.4 is 0 Å². The van der Waals surface area contributed by atoms with Crippen LogP contribution >= 0.6 is 0 Å². The highest BCUT2D eigenvalue weighted by atomic mass is 16.1. The molecule has 0 bridgehead atoms. The molecule has 1 aromatic carbocycles. The topological polar surface area (TPSA) is 34.1 Å². The average Bonchev–Trinajstić information content (AvgIpc) is 2.30. The van der Waals surface area contributed by atoms with E-state index in [4.69, 9.17) is 0 Å². The standard InChI is InChI=1S/C13H16O2/c1-3-13(2,10-14)9-12(15)11-7-5-4-6-8-11/h4-8,10H,3,9H2,1-2H3/t13-/m0/s1. The molecule has 0 fully saturated rings. The van der Waals surface area contributed by atoms with Gasteiger partial charge in [0.25, 0.3) is 0 Å². The number of hydrogen-bond donors (Lipinski definition) is 0. The Morgan fingerprint density at radius 3 is 2.40 bits per heavy atom. The van der Waals surface area contributed by atoms with E-state index in [1.165, 1.54) is 0 Å². The first-order valence-electron chi connectivity index (χ1n) is 5.16. The van der Waals surface area contributed by atoms with Gasteiger partial charge in [0.2, 0.25) is 0 Å². The van der Waals surface area contributed by atoms with E-state index in [2.05, 4.69) is 0 Å². The first-order valence-corrected chi connectivity index (χ1v) is 5.16. The second-order valence-electron chi connectivity index (χ2n) is 4.09. The molecule has 0 aliphatic carbocycles. The Labute approximate surface area is 90.3 Å². The van der Waals surface area contributed by atoms with E-state index in [0.717, 1.165) is 6.29 Å². The van der Waals surface area contributed by atoms with Crippen LogP contribution in [-0.4, -0.2) is 12.1 Å². The van der Waals surface area contributed by atoms with Gasteiger partial charge in [0.15, 0.2) is 5.78 Å². The summed E-state index contributed by atoms with van der Waals surface area (Å²) in [5, 5.41) is 0. The van der Waals surface area contributed by atoms with Gasteiger partial charge in [-0.3, -0.25) is 4.79 Å². The van der Waals surface area contributed by atoms with Crippen LogP contribution in [0, 0.1) is 5.41 Å². The van der Waals surface area contributed by atoms with Crippen LogP contribution in [0.15, 0.2) is 30.3 Å². The summed E-state index contributed by atoms with van der Waals surface area (Å²) in [6.45, 7) is 3.74. The average molecular weight is 204 g/mol. The van der Waals surface area contributed by atoms with Crippen LogP contribution in [0.4, 0.5) is 0 Å². The second kappa shape index (κ2) is 4.87. The maximum atomic E-state index is 11.8. The number of hydrogen-bond acceptors (Lipinski definition) is 2. The molecular formula is C13H16O2. The molecule has 0 spiro atoms. The maximum Gasteiger partial charge on any atom is 0.163 e. The molecule has 0 N–H and O–H groups in total. The fourth-order valence-electron chi connectivity index (χ4n) is 1.34. The van der Waals surface area contributed by atoms with Crippen molar-refractivity contribution in [3.63, 3.8) is 0 Å². The normalized spacial score (nSPS) is 14.3. The lowest BCUT2D eigenvalue weighted by molar-refractivity contribution is -0.115. The SMILES string of the molecule is CC[C@](C)(C=O)CC(=O)c1ccccc1. The molecule has 0 aromatic heterocycles. The Morgan fingerprint density at radius 1 is 1.33 bits per heavy atom. The first-order chi connectivity index (χ1) is 7.11. The molecule has 2 heteroatoms. The minimum Gasteiger partial charge on any atom is -0.303 e. The minimum absolute atomic E-state index is 0.0343. The largest absolute Gasteiger partial charge is 0.303 e. The van der Waals surface area contributed by atoms with Crippen molar-refractivity contribution in [3.05, 3.63) is 35.9 Å². The fourth-order valence-corrected chi connectivity index (χ4v) is 1.34. The van der Waals surface area contributed by atoms with E-state index in [-0.39, 0.29) is 12.2 Å². The molecule has 0 unspecified atom stereocenters. The molecule has 0 aliphatic heterocycles. The Morgan fingerprint density at radius 2 is 1.93 bits per heavy atom. The van der Waals surface area contributed by atoms with Gasteiger partial charge in [0.05, 0.1) is 0 Å². The van der Waals surface area contributed by atoms with Gasteiger partial charge >= 0.3 is 0 Å². The maximum absolute atomic E-state index is 11.8. The van der Waals surface area contributed by atoms with Crippen molar-refractivity contribution in [2.24, 2.45) is 5.41 Å².